The van der Waals surface area contributed by atoms with Gasteiger partial charge in [-0.1, -0.05) is 28.1 Å². The molecule has 0 heterocycles. The van der Waals surface area contributed by atoms with Crippen molar-refractivity contribution in [3.05, 3.63) is 58.1 Å². The molecule has 8 heteroatoms. The zero-order valence-electron chi connectivity index (χ0n) is 13.0. The summed E-state index contributed by atoms with van der Waals surface area (Å²) >= 11 is 3.35. The van der Waals surface area contributed by atoms with Crippen LogP contribution in [0.15, 0.2) is 51.8 Å². The zero-order chi connectivity index (χ0) is 17.7. The van der Waals surface area contributed by atoms with Gasteiger partial charge in [-0.05, 0) is 42.3 Å². The number of primary amides is 1. The van der Waals surface area contributed by atoms with Crippen molar-refractivity contribution in [1.82, 2.24) is 4.72 Å². The second-order valence-electron chi connectivity index (χ2n) is 5.00. The van der Waals surface area contributed by atoms with Gasteiger partial charge in [-0.3, -0.25) is 4.79 Å². The van der Waals surface area contributed by atoms with Crippen LogP contribution in [0.1, 0.15) is 15.9 Å². The highest BCUT2D eigenvalue weighted by molar-refractivity contribution is 9.10. The molecule has 0 unspecified atom stereocenters. The molecule has 2 rings (SSSR count). The lowest BCUT2D eigenvalue weighted by Crippen LogP contribution is -2.27. The molecule has 0 atom stereocenters. The number of carbonyl (C=O) groups is 1. The lowest BCUT2D eigenvalue weighted by Gasteiger charge is -2.12. The van der Waals surface area contributed by atoms with E-state index < -0.39 is 15.9 Å². The molecule has 24 heavy (non-hydrogen) atoms. The molecule has 0 bridgehead atoms. The fourth-order valence-electron chi connectivity index (χ4n) is 2.10. The molecule has 128 valence electrons. The van der Waals surface area contributed by atoms with Gasteiger partial charge in [0.25, 0.3) is 0 Å². The topological polar surface area (TPSA) is 98.5 Å². The zero-order valence-corrected chi connectivity index (χ0v) is 15.4. The van der Waals surface area contributed by atoms with Crippen molar-refractivity contribution in [2.75, 3.05) is 13.7 Å². The summed E-state index contributed by atoms with van der Waals surface area (Å²) in [5.41, 5.74) is 6.31. The van der Waals surface area contributed by atoms with E-state index in [4.69, 9.17) is 10.5 Å². The Kier molecular flexibility index (Phi) is 5.98. The molecule has 0 aromatic heterocycles. The minimum atomic E-state index is -3.83. The molecule has 0 saturated carbocycles. The Morgan fingerprint density at radius 1 is 1.21 bits per heavy atom. The highest BCUT2D eigenvalue weighted by atomic mass is 79.9. The Morgan fingerprint density at radius 3 is 2.46 bits per heavy atom. The van der Waals surface area contributed by atoms with Crippen molar-refractivity contribution >= 4 is 31.9 Å². The smallest absolute Gasteiger partial charge is 0.248 e. The van der Waals surface area contributed by atoms with Crippen LogP contribution >= 0.6 is 15.9 Å². The Hall–Kier alpha value is -1.90. The highest BCUT2D eigenvalue weighted by Crippen LogP contribution is 2.24. The largest absolute Gasteiger partial charge is 0.495 e. The molecule has 0 spiro atoms. The van der Waals surface area contributed by atoms with Crippen LogP contribution in [0.4, 0.5) is 0 Å². The maximum absolute atomic E-state index is 12.5. The molecule has 0 radical (unpaired) electrons. The monoisotopic (exact) mass is 412 g/mol. The summed E-state index contributed by atoms with van der Waals surface area (Å²) in [6.45, 7) is 0.216. The first-order chi connectivity index (χ1) is 11.3. The SMILES string of the molecule is COc1ccc(C(N)=O)cc1S(=O)(=O)NCCc1ccc(Br)cc1. The minimum Gasteiger partial charge on any atom is -0.495 e. The van der Waals surface area contributed by atoms with Crippen LogP contribution in [-0.2, 0) is 16.4 Å². The fraction of sp³-hybridized carbons (Fsp3) is 0.188. The van der Waals surface area contributed by atoms with Gasteiger partial charge in [-0.25, -0.2) is 13.1 Å². The van der Waals surface area contributed by atoms with Gasteiger partial charge in [0.1, 0.15) is 10.6 Å². The van der Waals surface area contributed by atoms with E-state index in [2.05, 4.69) is 20.7 Å². The average Bonchev–Trinajstić information content (AvgIpc) is 2.56. The van der Waals surface area contributed by atoms with E-state index in [1.54, 1.807) is 0 Å². The van der Waals surface area contributed by atoms with Gasteiger partial charge in [0.05, 0.1) is 7.11 Å². The third kappa shape index (κ3) is 4.56. The summed E-state index contributed by atoms with van der Waals surface area (Å²) in [5, 5.41) is 0. The lowest BCUT2D eigenvalue weighted by atomic mass is 10.2. The van der Waals surface area contributed by atoms with Gasteiger partial charge in [0.2, 0.25) is 15.9 Å². The predicted octanol–water partition coefficient (Wildman–Crippen LogP) is 2.08. The molecule has 2 aromatic carbocycles. The quantitative estimate of drug-likeness (QED) is 0.726. The van der Waals surface area contributed by atoms with E-state index in [1.165, 1.54) is 25.3 Å². The van der Waals surface area contributed by atoms with Crippen molar-refractivity contribution in [3.63, 3.8) is 0 Å². The van der Waals surface area contributed by atoms with E-state index >= 15 is 0 Å². The first-order valence-electron chi connectivity index (χ1n) is 7.05. The van der Waals surface area contributed by atoms with Crippen LogP contribution in [0, 0.1) is 0 Å². The van der Waals surface area contributed by atoms with Gasteiger partial charge >= 0.3 is 0 Å². The van der Waals surface area contributed by atoms with Gasteiger partial charge in [-0.2, -0.15) is 0 Å². The van der Waals surface area contributed by atoms with Crippen LogP contribution in [0.25, 0.3) is 0 Å². The third-order valence-electron chi connectivity index (χ3n) is 3.36. The molecular formula is C16H17BrN2O4S. The number of carbonyl (C=O) groups excluding carboxylic acids is 1. The number of nitrogens with two attached hydrogens (primary N) is 1. The first kappa shape index (κ1) is 18.4. The van der Waals surface area contributed by atoms with E-state index in [-0.39, 0.29) is 22.8 Å². The van der Waals surface area contributed by atoms with Gasteiger partial charge in [-0.15, -0.1) is 0 Å². The van der Waals surface area contributed by atoms with Gasteiger partial charge in [0, 0.05) is 16.6 Å². The molecular weight excluding hydrogens is 396 g/mol. The molecule has 0 fully saturated rings. The standard InChI is InChI=1S/C16H17BrN2O4S/c1-23-14-7-4-12(16(18)20)10-15(14)24(21,22)19-9-8-11-2-5-13(17)6-3-11/h2-7,10,19H,8-9H2,1H3,(H2,18,20). The predicted molar refractivity (Wildman–Crippen MR) is 94.5 cm³/mol. The van der Waals surface area contributed by atoms with E-state index in [0.29, 0.717) is 6.42 Å². The van der Waals surface area contributed by atoms with Gasteiger partial charge < -0.3 is 10.5 Å². The van der Waals surface area contributed by atoms with Crippen LogP contribution in [0.5, 0.6) is 5.75 Å². The molecule has 1 amide bonds. The Morgan fingerprint density at radius 2 is 1.88 bits per heavy atom. The normalized spacial score (nSPS) is 11.2. The van der Waals surface area contributed by atoms with Crippen LogP contribution < -0.4 is 15.2 Å². The molecule has 0 saturated heterocycles. The number of benzene rings is 2. The summed E-state index contributed by atoms with van der Waals surface area (Å²) in [4.78, 5) is 11.2. The summed E-state index contributed by atoms with van der Waals surface area (Å²) < 4.78 is 33.5. The summed E-state index contributed by atoms with van der Waals surface area (Å²) in [6, 6.07) is 11.6. The number of ether oxygens (including phenoxy) is 1. The third-order valence-corrected chi connectivity index (χ3v) is 5.37. The number of hydrogen-bond donors (Lipinski definition) is 2. The number of nitrogens with one attached hydrogen (secondary N) is 1. The molecule has 2 aromatic rings. The number of halogens is 1. The summed E-state index contributed by atoms with van der Waals surface area (Å²) in [5.74, 6) is -0.555. The van der Waals surface area contributed by atoms with Crippen molar-refractivity contribution in [2.45, 2.75) is 11.3 Å². The lowest BCUT2D eigenvalue weighted by molar-refractivity contribution is 0.1000. The molecule has 3 N–H and O–H groups in total. The Balaban J connectivity index is 2.15. The number of hydrogen-bond acceptors (Lipinski definition) is 4. The second-order valence-corrected chi connectivity index (χ2v) is 7.66. The molecule has 0 aliphatic carbocycles. The van der Waals surface area contributed by atoms with Crippen molar-refractivity contribution in [2.24, 2.45) is 5.73 Å². The molecule has 6 nitrogen and oxygen atoms in total. The van der Waals surface area contributed by atoms with Crippen LogP contribution in [0.2, 0.25) is 0 Å². The minimum absolute atomic E-state index is 0.101. The summed E-state index contributed by atoms with van der Waals surface area (Å²) in [6.07, 6.45) is 0.532. The van der Waals surface area contributed by atoms with Crippen molar-refractivity contribution < 1.29 is 17.9 Å². The second kappa shape index (κ2) is 7.78. The highest BCUT2D eigenvalue weighted by Gasteiger charge is 2.20. The molecule has 0 aliphatic heterocycles. The van der Waals surface area contributed by atoms with Crippen molar-refractivity contribution in [1.29, 1.82) is 0 Å². The van der Waals surface area contributed by atoms with E-state index in [0.717, 1.165) is 10.0 Å². The maximum Gasteiger partial charge on any atom is 0.248 e. The summed E-state index contributed by atoms with van der Waals surface area (Å²) in [7, 11) is -2.47. The maximum atomic E-state index is 12.5. The number of rotatable bonds is 7. The number of methoxy groups -OCH3 is 1. The first-order valence-corrected chi connectivity index (χ1v) is 9.33. The van der Waals surface area contributed by atoms with Gasteiger partial charge in [0.15, 0.2) is 0 Å². The number of sulfonamides is 1. The van der Waals surface area contributed by atoms with Crippen LogP contribution in [-0.4, -0.2) is 28.0 Å². The average molecular weight is 413 g/mol. The molecule has 0 aliphatic rings. The van der Waals surface area contributed by atoms with Crippen LogP contribution in [0.3, 0.4) is 0 Å². The number of amides is 1. The fourth-order valence-corrected chi connectivity index (χ4v) is 3.59. The van der Waals surface area contributed by atoms with E-state index in [9.17, 15) is 13.2 Å². The Bertz CT molecular complexity index is 836. The van der Waals surface area contributed by atoms with E-state index in [1.807, 2.05) is 24.3 Å². The van der Waals surface area contributed by atoms with Crippen molar-refractivity contribution in [3.8, 4) is 5.75 Å². The Labute approximate surface area is 149 Å².